The maximum absolute atomic E-state index is 13.8. The Labute approximate surface area is 160 Å². The lowest BCUT2D eigenvalue weighted by molar-refractivity contribution is -0.142. The molecule has 2 heterocycles. The molecule has 4 rings (SSSR count). The van der Waals surface area contributed by atoms with Gasteiger partial charge in [-0.25, -0.2) is 8.78 Å². The second-order valence-electron chi connectivity index (χ2n) is 6.61. The van der Waals surface area contributed by atoms with Crippen LogP contribution >= 0.6 is 0 Å². The minimum absolute atomic E-state index is 0.121. The van der Waals surface area contributed by atoms with Gasteiger partial charge in [-0.05, 0) is 24.3 Å². The molecule has 1 saturated heterocycles. The van der Waals surface area contributed by atoms with Crippen LogP contribution in [-0.4, -0.2) is 60.5 Å². The van der Waals surface area contributed by atoms with E-state index in [1.807, 2.05) is 6.07 Å². The molecule has 1 fully saturated rings. The van der Waals surface area contributed by atoms with Crippen LogP contribution in [0.15, 0.2) is 42.5 Å². The zero-order valence-corrected chi connectivity index (χ0v) is 14.9. The Morgan fingerprint density at radius 3 is 2.32 bits per heavy atom. The molecule has 1 unspecified atom stereocenters. The van der Waals surface area contributed by atoms with Gasteiger partial charge in [-0.2, -0.15) is 0 Å². The van der Waals surface area contributed by atoms with Crippen LogP contribution in [0.5, 0.6) is 11.5 Å². The lowest BCUT2D eigenvalue weighted by atomic mass is 10.1. The van der Waals surface area contributed by atoms with Crippen molar-refractivity contribution in [3.8, 4) is 11.5 Å². The molecule has 2 aromatic carbocycles. The number of para-hydroxylation sites is 2. The van der Waals surface area contributed by atoms with Crippen molar-refractivity contribution in [1.82, 2.24) is 9.80 Å². The molecular weight excluding hydrogens is 370 g/mol. The number of hydrogen-bond acceptors (Lipinski definition) is 4. The summed E-state index contributed by atoms with van der Waals surface area (Å²) in [7, 11) is 0. The molecule has 146 valence electrons. The van der Waals surface area contributed by atoms with Gasteiger partial charge in [0.15, 0.2) is 11.5 Å². The molecule has 0 aliphatic carbocycles. The van der Waals surface area contributed by atoms with Gasteiger partial charge in [-0.15, -0.1) is 0 Å². The SMILES string of the molecule is O=C(c1ccc(F)cc1F)N1CCN(C(=O)C2COc3ccccc3O2)CC1. The number of halogens is 2. The van der Waals surface area contributed by atoms with Crippen LogP contribution in [0.1, 0.15) is 10.4 Å². The van der Waals surface area contributed by atoms with E-state index in [2.05, 4.69) is 0 Å². The van der Waals surface area contributed by atoms with E-state index in [9.17, 15) is 18.4 Å². The number of fused-ring (bicyclic) bond motifs is 1. The fourth-order valence-corrected chi connectivity index (χ4v) is 3.31. The summed E-state index contributed by atoms with van der Waals surface area (Å²) < 4.78 is 38.2. The molecule has 1 atom stereocenters. The van der Waals surface area contributed by atoms with E-state index in [0.717, 1.165) is 12.1 Å². The molecule has 0 saturated carbocycles. The molecular formula is C20H18F2N2O4. The highest BCUT2D eigenvalue weighted by atomic mass is 19.1. The largest absolute Gasteiger partial charge is 0.485 e. The standard InChI is InChI=1S/C20H18F2N2O4/c21-13-5-6-14(15(22)11-13)19(25)23-7-9-24(10-8-23)20(26)18-12-27-16-3-1-2-4-17(16)28-18/h1-6,11,18H,7-10,12H2. The Kier molecular flexibility index (Phi) is 4.85. The maximum atomic E-state index is 13.8. The smallest absolute Gasteiger partial charge is 0.267 e. The second-order valence-corrected chi connectivity index (χ2v) is 6.61. The molecule has 0 aromatic heterocycles. The van der Waals surface area contributed by atoms with Gasteiger partial charge in [0.2, 0.25) is 6.10 Å². The lowest BCUT2D eigenvalue weighted by Crippen LogP contribution is -2.55. The van der Waals surface area contributed by atoms with E-state index < -0.39 is 23.6 Å². The van der Waals surface area contributed by atoms with Gasteiger partial charge in [-0.1, -0.05) is 12.1 Å². The molecule has 2 aromatic rings. The van der Waals surface area contributed by atoms with Crippen molar-refractivity contribution in [2.24, 2.45) is 0 Å². The average Bonchev–Trinajstić information content (AvgIpc) is 2.72. The van der Waals surface area contributed by atoms with Gasteiger partial charge in [0.1, 0.15) is 18.2 Å². The summed E-state index contributed by atoms with van der Waals surface area (Å²) >= 11 is 0. The van der Waals surface area contributed by atoms with E-state index in [0.29, 0.717) is 30.7 Å². The Bertz CT molecular complexity index is 913. The predicted octanol–water partition coefficient (Wildman–Crippen LogP) is 2.09. The zero-order chi connectivity index (χ0) is 19.7. The zero-order valence-electron chi connectivity index (χ0n) is 14.9. The van der Waals surface area contributed by atoms with Crippen LogP contribution < -0.4 is 9.47 Å². The van der Waals surface area contributed by atoms with Crippen LogP contribution in [0.4, 0.5) is 8.78 Å². The highest BCUT2D eigenvalue weighted by Crippen LogP contribution is 2.31. The van der Waals surface area contributed by atoms with Gasteiger partial charge in [-0.3, -0.25) is 9.59 Å². The molecule has 28 heavy (non-hydrogen) atoms. The first-order chi connectivity index (χ1) is 13.5. The highest BCUT2D eigenvalue weighted by molar-refractivity contribution is 5.94. The molecule has 8 heteroatoms. The van der Waals surface area contributed by atoms with E-state index in [4.69, 9.17) is 9.47 Å². The second kappa shape index (κ2) is 7.46. The molecule has 2 aliphatic heterocycles. The third-order valence-electron chi connectivity index (χ3n) is 4.82. The number of piperazine rings is 1. The predicted molar refractivity (Wildman–Crippen MR) is 95.2 cm³/mol. The summed E-state index contributed by atoms with van der Waals surface area (Å²) in [6.07, 6.45) is -0.744. The van der Waals surface area contributed by atoms with Crippen molar-refractivity contribution >= 4 is 11.8 Å². The van der Waals surface area contributed by atoms with Crippen LogP contribution in [-0.2, 0) is 4.79 Å². The number of nitrogens with zero attached hydrogens (tertiary/aromatic N) is 2. The van der Waals surface area contributed by atoms with Gasteiger partial charge in [0.25, 0.3) is 11.8 Å². The van der Waals surface area contributed by atoms with Crippen molar-refractivity contribution in [2.45, 2.75) is 6.10 Å². The van der Waals surface area contributed by atoms with Crippen LogP contribution in [0.25, 0.3) is 0 Å². The minimum atomic E-state index is -0.894. The number of benzene rings is 2. The Morgan fingerprint density at radius 1 is 0.929 bits per heavy atom. The summed E-state index contributed by atoms with van der Waals surface area (Å²) in [5, 5.41) is 0. The van der Waals surface area contributed by atoms with Gasteiger partial charge >= 0.3 is 0 Å². The quantitative estimate of drug-likeness (QED) is 0.791. The van der Waals surface area contributed by atoms with Crippen molar-refractivity contribution in [3.63, 3.8) is 0 Å². The van der Waals surface area contributed by atoms with Gasteiger partial charge in [0, 0.05) is 32.2 Å². The fourth-order valence-electron chi connectivity index (χ4n) is 3.31. The molecule has 2 aliphatic rings. The maximum Gasteiger partial charge on any atom is 0.267 e. The molecule has 0 radical (unpaired) electrons. The van der Waals surface area contributed by atoms with Crippen LogP contribution in [0.3, 0.4) is 0 Å². The van der Waals surface area contributed by atoms with Crippen molar-refractivity contribution < 1.29 is 27.8 Å². The first-order valence-corrected chi connectivity index (χ1v) is 8.94. The third kappa shape index (κ3) is 3.49. The van der Waals surface area contributed by atoms with Crippen molar-refractivity contribution in [1.29, 1.82) is 0 Å². The summed E-state index contributed by atoms with van der Waals surface area (Å²) in [6.45, 7) is 1.23. The number of hydrogen-bond donors (Lipinski definition) is 0. The summed E-state index contributed by atoms with van der Waals surface area (Å²) in [4.78, 5) is 28.2. The van der Waals surface area contributed by atoms with Gasteiger partial charge < -0.3 is 19.3 Å². The first kappa shape index (κ1) is 18.2. The van der Waals surface area contributed by atoms with E-state index >= 15 is 0 Å². The number of ether oxygens (including phenoxy) is 2. The third-order valence-corrected chi connectivity index (χ3v) is 4.82. The van der Waals surface area contributed by atoms with Gasteiger partial charge in [0.05, 0.1) is 5.56 Å². The number of carbonyl (C=O) groups is 2. The van der Waals surface area contributed by atoms with Crippen LogP contribution in [0, 0.1) is 11.6 Å². The number of rotatable bonds is 2. The Balaban J connectivity index is 1.36. The molecule has 6 nitrogen and oxygen atoms in total. The fraction of sp³-hybridized carbons (Fsp3) is 0.300. The van der Waals surface area contributed by atoms with E-state index in [1.165, 1.54) is 4.90 Å². The van der Waals surface area contributed by atoms with E-state index in [-0.39, 0.29) is 31.2 Å². The van der Waals surface area contributed by atoms with Crippen molar-refractivity contribution in [2.75, 3.05) is 32.8 Å². The lowest BCUT2D eigenvalue weighted by Gasteiger charge is -2.37. The van der Waals surface area contributed by atoms with Crippen LogP contribution in [0.2, 0.25) is 0 Å². The topological polar surface area (TPSA) is 59.1 Å². The molecule has 2 amide bonds. The molecule has 0 N–H and O–H groups in total. The van der Waals surface area contributed by atoms with E-state index in [1.54, 1.807) is 23.1 Å². The average molecular weight is 388 g/mol. The van der Waals surface area contributed by atoms with Crippen molar-refractivity contribution in [3.05, 3.63) is 59.7 Å². The first-order valence-electron chi connectivity index (χ1n) is 8.94. The monoisotopic (exact) mass is 388 g/mol. The number of amides is 2. The molecule has 0 spiro atoms. The summed E-state index contributed by atoms with van der Waals surface area (Å²) in [6, 6.07) is 10.0. The minimum Gasteiger partial charge on any atom is -0.485 e. The summed E-state index contributed by atoms with van der Waals surface area (Å²) in [5.74, 6) is -1.24. The summed E-state index contributed by atoms with van der Waals surface area (Å²) in [5.41, 5.74) is -0.179. The Morgan fingerprint density at radius 2 is 1.61 bits per heavy atom. The molecule has 0 bridgehead atoms. The number of carbonyl (C=O) groups excluding carboxylic acids is 2. The Hall–Kier alpha value is -3.16. The highest BCUT2D eigenvalue weighted by Gasteiger charge is 2.33. The normalized spacial score (nSPS) is 18.7.